The lowest BCUT2D eigenvalue weighted by atomic mass is 10.1. The minimum absolute atomic E-state index is 0.141. The molecule has 6 heteroatoms. The zero-order valence-corrected chi connectivity index (χ0v) is 14.3. The van der Waals surface area contributed by atoms with Gasteiger partial charge < -0.3 is 14.2 Å². The molecule has 0 saturated carbocycles. The number of esters is 1. The highest BCUT2D eigenvalue weighted by Gasteiger charge is 2.28. The van der Waals surface area contributed by atoms with Gasteiger partial charge >= 0.3 is 5.97 Å². The number of halogens is 1. The van der Waals surface area contributed by atoms with Crippen molar-refractivity contribution in [3.05, 3.63) is 65.2 Å². The van der Waals surface area contributed by atoms with Crippen molar-refractivity contribution in [2.45, 2.75) is 20.0 Å². The van der Waals surface area contributed by atoms with Crippen LogP contribution in [-0.2, 0) is 9.53 Å². The normalized spacial score (nSPS) is 15.3. The highest BCUT2D eigenvalue weighted by molar-refractivity contribution is 6.14. The van der Waals surface area contributed by atoms with Crippen molar-refractivity contribution < 1.29 is 28.2 Å². The number of allylic oxidation sites excluding steroid dienone is 1. The second-order valence-corrected chi connectivity index (χ2v) is 5.66. The molecule has 0 radical (unpaired) electrons. The third kappa shape index (κ3) is 3.74. The van der Waals surface area contributed by atoms with Crippen LogP contribution in [-0.4, -0.2) is 24.5 Å². The van der Waals surface area contributed by atoms with Crippen LogP contribution in [0.2, 0.25) is 0 Å². The van der Waals surface area contributed by atoms with E-state index in [1.165, 1.54) is 12.1 Å². The van der Waals surface area contributed by atoms with Gasteiger partial charge in [0.25, 0.3) is 0 Å². The molecule has 2 aromatic carbocycles. The Balaban J connectivity index is 1.77. The molecular weight excluding hydrogens is 339 g/mol. The molecule has 1 unspecified atom stereocenters. The predicted octanol–water partition coefficient (Wildman–Crippen LogP) is 3.77. The van der Waals surface area contributed by atoms with Gasteiger partial charge in [0.2, 0.25) is 5.78 Å². The van der Waals surface area contributed by atoms with Crippen LogP contribution in [0.1, 0.15) is 29.8 Å². The molecule has 2 aromatic rings. The lowest BCUT2D eigenvalue weighted by Gasteiger charge is -2.13. The number of carbonyl (C=O) groups is 2. The molecular formula is C20H17FO5. The van der Waals surface area contributed by atoms with E-state index in [0.717, 1.165) is 0 Å². The Kier molecular flexibility index (Phi) is 5.02. The summed E-state index contributed by atoms with van der Waals surface area (Å²) in [5.41, 5.74) is 1.05. The summed E-state index contributed by atoms with van der Waals surface area (Å²) in [5.74, 6) is -0.220. The van der Waals surface area contributed by atoms with E-state index in [-0.39, 0.29) is 24.0 Å². The zero-order chi connectivity index (χ0) is 18.7. The Labute approximate surface area is 150 Å². The van der Waals surface area contributed by atoms with Crippen molar-refractivity contribution in [2.24, 2.45) is 0 Å². The van der Waals surface area contributed by atoms with Gasteiger partial charge in [0.1, 0.15) is 17.3 Å². The minimum Gasteiger partial charge on any atom is -0.479 e. The highest BCUT2D eigenvalue weighted by atomic mass is 19.1. The molecule has 1 atom stereocenters. The molecule has 0 fully saturated rings. The molecule has 1 aliphatic rings. The van der Waals surface area contributed by atoms with E-state index in [1.54, 1.807) is 50.3 Å². The summed E-state index contributed by atoms with van der Waals surface area (Å²) >= 11 is 0. The molecule has 0 N–H and O–H groups in total. The predicted molar refractivity (Wildman–Crippen MR) is 92.5 cm³/mol. The van der Waals surface area contributed by atoms with Crippen molar-refractivity contribution in [3.8, 4) is 11.5 Å². The van der Waals surface area contributed by atoms with Crippen molar-refractivity contribution in [2.75, 3.05) is 6.61 Å². The van der Waals surface area contributed by atoms with Gasteiger partial charge in [0.15, 0.2) is 11.9 Å². The molecule has 134 valence electrons. The Hall–Kier alpha value is -3.15. The second-order valence-electron chi connectivity index (χ2n) is 5.66. The lowest BCUT2D eigenvalue weighted by Crippen LogP contribution is -2.26. The first-order valence-electron chi connectivity index (χ1n) is 8.15. The Bertz CT molecular complexity index is 870. The number of ketones is 1. The molecule has 0 aromatic heterocycles. The first-order chi connectivity index (χ1) is 12.5. The van der Waals surface area contributed by atoms with Crippen molar-refractivity contribution >= 4 is 17.8 Å². The fourth-order valence-corrected chi connectivity index (χ4v) is 2.46. The first kappa shape index (κ1) is 17.7. The number of rotatable bonds is 5. The molecule has 1 heterocycles. The Morgan fingerprint density at radius 2 is 1.96 bits per heavy atom. The first-order valence-corrected chi connectivity index (χ1v) is 8.15. The molecule has 1 aliphatic heterocycles. The van der Waals surface area contributed by atoms with Crippen LogP contribution in [0.15, 0.2) is 48.2 Å². The summed E-state index contributed by atoms with van der Waals surface area (Å²) in [6.07, 6.45) is 0.767. The zero-order valence-electron chi connectivity index (χ0n) is 14.3. The Morgan fingerprint density at radius 3 is 2.65 bits per heavy atom. The molecule has 26 heavy (non-hydrogen) atoms. The molecule has 5 nitrogen and oxygen atoms in total. The number of Topliss-reactive ketones (excluding diaryl/α,β-unsaturated/α-hetero) is 1. The van der Waals surface area contributed by atoms with Crippen LogP contribution in [0.25, 0.3) is 6.08 Å². The minimum atomic E-state index is -0.778. The van der Waals surface area contributed by atoms with Gasteiger partial charge in [-0.2, -0.15) is 0 Å². The van der Waals surface area contributed by atoms with Crippen LogP contribution >= 0.6 is 0 Å². The standard InChI is InChI=1S/C20H17FO5/c1-3-24-20(23)12(2)25-15-8-9-16-17(11-15)26-18(19(16)22)10-13-4-6-14(21)7-5-13/h4-12H,3H2,1-2H3. The SMILES string of the molecule is CCOC(=O)C(C)Oc1ccc2c(c1)OC(=Cc1ccc(F)cc1)C2=O. The van der Waals surface area contributed by atoms with Crippen LogP contribution in [0.5, 0.6) is 11.5 Å². The van der Waals surface area contributed by atoms with Crippen molar-refractivity contribution in [1.82, 2.24) is 0 Å². The monoisotopic (exact) mass is 356 g/mol. The largest absolute Gasteiger partial charge is 0.479 e. The van der Waals surface area contributed by atoms with E-state index < -0.39 is 12.1 Å². The summed E-state index contributed by atoms with van der Waals surface area (Å²) in [6, 6.07) is 10.4. The average Bonchev–Trinajstić information content (AvgIpc) is 2.92. The third-order valence-electron chi connectivity index (χ3n) is 3.74. The number of ether oxygens (including phenoxy) is 3. The summed E-state index contributed by atoms with van der Waals surface area (Å²) in [7, 11) is 0. The van der Waals surface area contributed by atoms with Crippen LogP contribution in [0, 0.1) is 5.82 Å². The summed E-state index contributed by atoms with van der Waals surface area (Å²) in [5, 5.41) is 0. The number of hydrogen-bond donors (Lipinski definition) is 0. The van der Waals surface area contributed by atoms with E-state index in [4.69, 9.17) is 14.2 Å². The van der Waals surface area contributed by atoms with Crippen LogP contribution < -0.4 is 9.47 Å². The van der Waals surface area contributed by atoms with E-state index in [1.807, 2.05) is 0 Å². The number of carbonyl (C=O) groups excluding carboxylic acids is 2. The fraction of sp³-hybridized carbons (Fsp3) is 0.200. The average molecular weight is 356 g/mol. The third-order valence-corrected chi connectivity index (χ3v) is 3.74. The quantitative estimate of drug-likeness (QED) is 0.603. The van der Waals surface area contributed by atoms with E-state index >= 15 is 0 Å². The smallest absolute Gasteiger partial charge is 0.347 e. The summed E-state index contributed by atoms with van der Waals surface area (Å²) in [4.78, 5) is 24.1. The lowest BCUT2D eigenvalue weighted by molar-refractivity contribution is -0.150. The summed E-state index contributed by atoms with van der Waals surface area (Å²) < 4.78 is 29.0. The number of fused-ring (bicyclic) bond motifs is 1. The molecule has 0 spiro atoms. The number of hydrogen-bond acceptors (Lipinski definition) is 5. The second kappa shape index (κ2) is 7.39. The summed E-state index contributed by atoms with van der Waals surface area (Å²) in [6.45, 7) is 3.57. The van der Waals surface area contributed by atoms with Crippen LogP contribution in [0.3, 0.4) is 0 Å². The number of benzene rings is 2. The van der Waals surface area contributed by atoms with Crippen molar-refractivity contribution in [3.63, 3.8) is 0 Å². The van der Waals surface area contributed by atoms with E-state index in [0.29, 0.717) is 22.6 Å². The topological polar surface area (TPSA) is 61.8 Å². The maximum absolute atomic E-state index is 13.0. The fourth-order valence-electron chi connectivity index (χ4n) is 2.46. The maximum Gasteiger partial charge on any atom is 0.347 e. The molecule has 0 bridgehead atoms. The molecule has 0 aliphatic carbocycles. The van der Waals surface area contributed by atoms with E-state index in [9.17, 15) is 14.0 Å². The van der Waals surface area contributed by atoms with Gasteiger partial charge in [-0.05, 0) is 49.8 Å². The van der Waals surface area contributed by atoms with Gasteiger partial charge in [0, 0.05) is 6.07 Å². The Morgan fingerprint density at radius 1 is 1.23 bits per heavy atom. The van der Waals surface area contributed by atoms with Crippen molar-refractivity contribution in [1.29, 1.82) is 0 Å². The van der Waals surface area contributed by atoms with Gasteiger partial charge in [0.05, 0.1) is 12.2 Å². The van der Waals surface area contributed by atoms with Crippen LogP contribution in [0.4, 0.5) is 4.39 Å². The molecule has 0 amide bonds. The maximum atomic E-state index is 13.0. The van der Waals surface area contributed by atoms with E-state index in [2.05, 4.69) is 0 Å². The van der Waals surface area contributed by atoms with Gasteiger partial charge in [-0.3, -0.25) is 4.79 Å². The van der Waals surface area contributed by atoms with Gasteiger partial charge in [-0.15, -0.1) is 0 Å². The van der Waals surface area contributed by atoms with Gasteiger partial charge in [-0.1, -0.05) is 12.1 Å². The highest BCUT2D eigenvalue weighted by Crippen LogP contribution is 2.35. The molecule has 0 saturated heterocycles. The molecule has 3 rings (SSSR count). The van der Waals surface area contributed by atoms with Gasteiger partial charge in [-0.25, -0.2) is 9.18 Å².